The van der Waals surface area contributed by atoms with Gasteiger partial charge in [-0.2, -0.15) is 0 Å². The predicted molar refractivity (Wildman–Crippen MR) is 362 cm³/mol. The molecule has 0 bridgehead atoms. The number of ether oxygens (including phenoxy) is 4. The molecule has 5 aromatic rings. The first-order valence-electron chi connectivity index (χ1n) is 33.1. The van der Waals surface area contributed by atoms with E-state index in [0.29, 0.717) is 60.8 Å². The van der Waals surface area contributed by atoms with E-state index >= 15 is 0 Å². The Bertz CT molecular complexity index is 3540. The number of guanidine groups is 2. The highest BCUT2D eigenvalue weighted by atomic mass is 16.6. The summed E-state index contributed by atoms with van der Waals surface area (Å²) in [4.78, 5) is 138. The Morgan fingerprint density at radius 3 is 1.61 bits per heavy atom. The van der Waals surface area contributed by atoms with Crippen LogP contribution in [-0.4, -0.2) is 132 Å². The number of carbonyl (C=O) groups is 9. The van der Waals surface area contributed by atoms with Crippen LogP contribution in [0, 0.1) is 17.8 Å². The smallest absolute Gasteiger partial charge is 0.408 e. The van der Waals surface area contributed by atoms with Gasteiger partial charge in [0.05, 0.1) is 11.6 Å². The second-order valence-corrected chi connectivity index (χ2v) is 25.0. The molecule has 97 heavy (non-hydrogen) atoms. The molecule has 9 atom stereocenters. The molecule has 1 spiro atoms. The van der Waals surface area contributed by atoms with Crippen molar-refractivity contribution in [1.82, 2.24) is 25.8 Å². The first kappa shape index (κ1) is 70.8. The average Bonchev–Trinajstić information content (AvgIpc) is 1.62. The molecule has 7 amide bonds. The van der Waals surface area contributed by atoms with E-state index in [2.05, 4.69) is 36.6 Å². The van der Waals surface area contributed by atoms with Crippen LogP contribution in [0.2, 0.25) is 0 Å². The second kappa shape index (κ2) is 32.7. The summed E-state index contributed by atoms with van der Waals surface area (Å²) in [5.41, 5.74) is 24.6. The first-order chi connectivity index (χ1) is 46.7. The monoisotopic (exact) mass is 1330 g/mol. The van der Waals surface area contributed by atoms with Gasteiger partial charge in [0.15, 0.2) is 23.3 Å². The fraction of sp³-hybridized carbons (Fsp3) is 0.423. The summed E-state index contributed by atoms with van der Waals surface area (Å²) in [7, 11) is 0. The largest absolute Gasteiger partial charge is 0.456 e. The highest BCUT2D eigenvalue weighted by Gasteiger charge is 2.54. The van der Waals surface area contributed by atoms with Gasteiger partial charge in [-0.05, 0) is 105 Å². The van der Waals surface area contributed by atoms with Crippen molar-refractivity contribution in [3.63, 3.8) is 0 Å². The van der Waals surface area contributed by atoms with Crippen LogP contribution in [0.3, 0.4) is 0 Å². The normalized spacial score (nSPS) is 18.3. The standard InChI is InChI=1S/C71H87N13O13/c1-5-42(3)59(81-69(92)94-40-44-19-9-7-10-20-44)64(89)83-35-17-27-54(83)56(85)37-46(23-15-33-76-67(72)73)61(86)78-47-29-31-51-57(38-47)96-58-39-48(30-32-52(58)71(51)50-25-14-13-24-49(50)66(91)97-71)79-62(87)53(26-16-34-77-68(74)75)80-63(88)55-28-18-36-84(55)65(90)60(43(4)6-2)82-70(93)95-41-45-21-11-8-12-22-45/h7-14,19-22,24-25,29-32,38-39,42-43,46,53-55,59-60H,5-6,15-18,23,26-28,33-37,40-41H2,1-4H3,(H,78,86)(H,79,87)(H,80,88)(H,81,92)(H,82,93)(H4,72,73,76)(H4,74,75,77)/t42-,43-,46+,53-,54-,55-,59-,60-,71?/m0/s1. The van der Waals surface area contributed by atoms with Crippen LogP contribution in [0.15, 0.2) is 131 Å². The molecule has 2 fully saturated rings. The van der Waals surface area contributed by atoms with Gasteiger partial charge in [0.25, 0.3) is 0 Å². The van der Waals surface area contributed by atoms with Gasteiger partial charge in [-0.1, -0.05) is 119 Å². The number of ketones is 1. The van der Waals surface area contributed by atoms with Gasteiger partial charge < -0.3 is 78.3 Å². The molecular weight excluding hydrogens is 1240 g/mol. The molecule has 0 aromatic heterocycles. The van der Waals surface area contributed by atoms with Crippen LogP contribution in [0.25, 0.3) is 0 Å². The number of amides is 7. The van der Waals surface area contributed by atoms with Crippen LogP contribution >= 0.6 is 0 Å². The van der Waals surface area contributed by atoms with Gasteiger partial charge in [-0.3, -0.25) is 38.8 Å². The van der Waals surface area contributed by atoms with Crippen LogP contribution in [0.5, 0.6) is 11.5 Å². The molecule has 4 aliphatic heterocycles. The lowest BCUT2D eigenvalue weighted by molar-refractivity contribution is -0.141. The topological polar surface area (TPSA) is 386 Å². The third-order valence-electron chi connectivity index (χ3n) is 18.3. The van der Waals surface area contributed by atoms with E-state index in [1.807, 2.05) is 88.4 Å². The maximum Gasteiger partial charge on any atom is 0.408 e. The molecule has 0 aliphatic carbocycles. The zero-order valence-corrected chi connectivity index (χ0v) is 55.1. The van der Waals surface area contributed by atoms with Crippen LogP contribution < -0.4 is 54.3 Å². The minimum atomic E-state index is -1.59. The number of rotatable bonds is 29. The highest BCUT2D eigenvalue weighted by Crippen LogP contribution is 2.57. The number of nitrogens with zero attached hydrogens (tertiary/aromatic N) is 4. The molecule has 5 aromatic carbocycles. The Hall–Kier alpha value is -10.5. The molecule has 1 unspecified atom stereocenters. The van der Waals surface area contributed by atoms with Crippen molar-refractivity contribution in [1.29, 1.82) is 0 Å². The number of nitrogens with one attached hydrogen (secondary N) is 5. The number of esters is 1. The molecule has 0 radical (unpaired) electrons. The Kier molecular flexibility index (Phi) is 23.9. The number of fused-ring (bicyclic) bond motifs is 6. The molecule has 514 valence electrons. The molecule has 4 heterocycles. The lowest BCUT2D eigenvalue weighted by Crippen LogP contribution is -2.57. The van der Waals surface area contributed by atoms with Gasteiger partial charge in [-0.15, -0.1) is 0 Å². The molecular formula is C71H87N13O13. The van der Waals surface area contributed by atoms with E-state index in [1.165, 1.54) is 9.80 Å². The van der Waals surface area contributed by atoms with Crippen molar-refractivity contribution in [3.8, 4) is 11.5 Å². The average molecular weight is 1330 g/mol. The number of alkyl carbamates (subject to hydrolysis) is 2. The maximum absolute atomic E-state index is 14.7. The number of hydrogen-bond acceptors (Lipinski definition) is 15. The van der Waals surface area contributed by atoms with Crippen molar-refractivity contribution in [2.45, 2.75) is 147 Å². The Morgan fingerprint density at radius 2 is 1.08 bits per heavy atom. The van der Waals surface area contributed by atoms with Crippen molar-refractivity contribution >= 4 is 76.8 Å². The van der Waals surface area contributed by atoms with E-state index in [0.717, 1.165) is 11.1 Å². The molecule has 26 heteroatoms. The highest BCUT2D eigenvalue weighted by molar-refractivity contribution is 6.01. The van der Waals surface area contributed by atoms with Crippen LogP contribution in [0.1, 0.15) is 136 Å². The van der Waals surface area contributed by atoms with E-state index in [4.69, 9.17) is 41.9 Å². The number of benzene rings is 5. The summed E-state index contributed by atoms with van der Waals surface area (Å²) >= 11 is 0. The summed E-state index contributed by atoms with van der Waals surface area (Å²) in [6.45, 7) is 8.22. The fourth-order valence-electron chi connectivity index (χ4n) is 12.8. The fourth-order valence-corrected chi connectivity index (χ4v) is 12.8. The molecule has 0 saturated carbocycles. The van der Waals surface area contributed by atoms with Crippen molar-refractivity contribution in [2.75, 3.05) is 36.8 Å². The number of hydrogen-bond donors (Lipinski definition) is 9. The third-order valence-corrected chi connectivity index (χ3v) is 18.3. The lowest BCUT2D eigenvalue weighted by atomic mass is 9.77. The Balaban J connectivity index is 0.934. The molecule has 4 aliphatic rings. The summed E-state index contributed by atoms with van der Waals surface area (Å²) < 4.78 is 24.1. The van der Waals surface area contributed by atoms with E-state index in [9.17, 15) is 43.2 Å². The van der Waals surface area contributed by atoms with E-state index in [-0.39, 0.29) is 124 Å². The zero-order chi connectivity index (χ0) is 69.3. The van der Waals surface area contributed by atoms with Crippen LogP contribution in [0.4, 0.5) is 21.0 Å². The first-order valence-corrected chi connectivity index (χ1v) is 33.1. The zero-order valence-electron chi connectivity index (χ0n) is 55.1. The SMILES string of the molecule is CC[C@H](C)[C@H](NC(=O)OCc1ccccc1)C(=O)N1CCC[C@H]1C(=O)C[C@@H](CCCN=C(N)N)C(=O)Nc1ccc2c(c1)Oc1cc(NC(=O)[C@H](CCCN=C(N)N)NC(=O)[C@@H]3CCCN3C(=O)[C@@H](NC(=O)OCc3ccccc3)[C@@H](C)CC)ccc1C21OC(=O)c2ccccc21. The van der Waals surface area contributed by atoms with Gasteiger partial charge in [-0.25, -0.2) is 14.4 Å². The van der Waals surface area contributed by atoms with Gasteiger partial charge in [0.1, 0.15) is 48.9 Å². The second-order valence-electron chi connectivity index (χ2n) is 25.0. The number of nitrogens with two attached hydrogens (primary N) is 4. The van der Waals surface area contributed by atoms with Gasteiger partial charge in [0, 0.05) is 78.7 Å². The lowest BCUT2D eigenvalue weighted by Gasteiger charge is -2.37. The minimum Gasteiger partial charge on any atom is -0.456 e. The summed E-state index contributed by atoms with van der Waals surface area (Å²) in [5.74, 6) is -5.16. The van der Waals surface area contributed by atoms with Crippen LogP contribution in [-0.2, 0) is 61.8 Å². The molecule has 13 N–H and O–H groups in total. The van der Waals surface area contributed by atoms with Gasteiger partial charge >= 0.3 is 18.2 Å². The Morgan fingerprint density at radius 1 is 0.598 bits per heavy atom. The number of Topliss-reactive ketones (excluding diaryl/α,β-unsaturated/α-hetero) is 1. The summed E-state index contributed by atoms with van der Waals surface area (Å²) in [5, 5.41) is 14.3. The number of likely N-dealkylation sites (tertiary alicyclic amines) is 2. The Labute approximate surface area is 563 Å². The maximum atomic E-state index is 14.7. The van der Waals surface area contributed by atoms with Crippen molar-refractivity contribution in [2.24, 2.45) is 50.7 Å². The molecule has 2 saturated heterocycles. The number of anilines is 2. The van der Waals surface area contributed by atoms with Crippen molar-refractivity contribution < 1.29 is 62.1 Å². The molecule has 26 nitrogen and oxygen atoms in total. The number of aliphatic imine (C=N–C) groups is 2. The summed E-state index contributed by atoms with van der Waals surface area (Å²) in [6, 6.07) is 29.8. The number of carbonyl (C=O) groups excluding carboxylic acids is 9. The van der Waals surface area contributed by atoms with E-state index in [1.54, 1.807) is 60.7 Å². The summed E-state index contributed by atoms with van der Waals surface area (Å²) in [6.07, 6.45) is 1.70. The quantitative estimate of drug-likeness (QED) is 0.00767. The van der Waals surface area contributed by atoms with E-state index < -0.39 is 89.4 Å². The minimum absolute atomic E-state index is 0.00437. The predicted octanol–water partition coefficient (Wildman–Crippen LogP) is 6.96. The molecule has 9 rings (SSSR count). The van der Waals surface area contributed by atoms with Crippen molar-refractivity contribution in [3.05, 3.63) is 155 Å². The third kappa shape index (κ3) is 17.3. The van der Waals surface area contributed by atoms with Gasteiger partial charge in [0.2, 0.25) is 29.5 Å².